The molecule has 2 rings (SSSR count). The molecule has 0 spiro atoms. The molecular formula is C15H15NO2. The highest BCUT2D eigenvalue weighted by atomic mass is 16.5. The van der Waals surface area contributed by atoms with E-state index in [2.05, 4.69) is 0 Å². The normalized spacial score (nSPS) is 12.1. The lowest BCUT2D eigenvalue weighted by Gasteiger charge is -2.12. The third-order valence-electron chi connectivity index (χ3n) is 2.81. The summed E-state index contributed by atoms with van der Waals surface area (Å²) in [5.41, 5.74) is 8.26. The van der Waals surface area contributed by atoms with Crippen LogP contribution < -0.4 is 5.73 Å². The molecule has 2 aromatic carbocycles. The molecule has 18 heavy (non-hydrogen) atoms. The van der Waals surface area contributed by atoms with E-state index in [0.717, 1.165) is 16.7 Å². The molecule has 0 bridgehead atoms. The molecule has 0 aliphatic rings. The predicted octanol–water partition coefficient (Wildman–Crippen LogP) is 2.53. The Morgan fingerprint density at radius 3 is 2.06 bits per heavy atom. The monoisotopic (exact) mass is 241 g/mol. The largest absolute Gasteiger partial charge is 0.367 e. The molecule has 0 radical (unpaired) electrons. The van der Waals surface area contributed by atoms with Crippen molar-refractivity contribution in [3.8, 4) is 11.1 Å². The van der Waals surface area contributed by atoms with Crippen LogP contribution in [0.1, 0.15) is 11.7 Å². The first-order valence-electron chi connectivity index (χ1n) is 5.70. The first-order valence-corrected chi connectivity index (χ1v) is 5.70. The number of hydrogen-bond acceptors (Lipinski definition) is 2. The van der Waals surface area contributed by atoms with Crippen molar-refractivity contribution in [2.24, 2.45) is 5.73 Å². The Morgan fingerprint density at radius 1 is 1.00 bits per heavy atom. The van der Waals surface area contributed by atoms with Gasteiger partial charge in [0.25, 0.3) is 5.91 Å². The van der Waals surface area contributed by atoms with Crippen LogP contribution >= 0.6 is 0 Å². The van der Waals surface area contributed by atoms with Crippen LogP contribution in [-0.2, 0) is 9.53 Å². The van der Waals surface area contributed by atoms with Crippen LogP contribution in [0, 0.1) is 0 Å². The van der Waals surface area contributed by atoms with Gasteiger partial charge >= 0.3 is 0 Å². The van der Waals surface area contributed by atoms with E-state index in [1.807, 2.05) is 54.6 Å². The van der Waals surface area contributed by atoms with Gasteiger partial charge in [-0.1, -0.05) is 54.6 Å². The standard InChI is InChI=1S/C15H15NO2/c1-18-14(15(16)17)13-9-7-12(8-10-13)11-5-3-2-4-6-11/h2-10,14H,1H3,(H2,16,17). The smallest absolute Gasteiger partial charge is 0.251 e. The van der Waals surface area contributed by atoms with Gasteiger partial charge in [0.05, 0.1) is 0 Å². The first-order chi connectivity index (χ1) is 8.72. The van der Waals surface area contributed by atoms with E-state index in [0.29, 0.717) is 0 Å². The van der Waals surface area contributed by atoms with Crippen LogP contribution in [-0.4, -0.2) is 13.0 Å². The molecule has 0 aromatic heterocycles. The molecule has 92 valence electrons. The molecule has 2 N–H and O–H groups in total. The maximum atomic E-state index is 11.2. The number of amides is 1. The fourth-order valence-corrected chi connectivity index (χ4v) is 1.90. The maximum absolute atomic E-state index is 11.2. The summed E-state index contributed by atoms with van der Waals surface area (Å²) >= 11 is 0. The average Bonchev–Trinajstić information content (AvgIpc) is 2.41. The SMILES string of the molecule is COC(C(N)=O)c1ccc(-c2ccccc2)cc1. The van der Waals surface area contributed by atoms with E-state index in [4.69, 9.17) is 10.5 Å². The zero-order chi connectivity index (χ0) is 13.0. The quantitative estimate of drug-likeness (QED) is 0.894. The predicted molar refractivity (Wildman–Crippen MR) is 70.8 cm³/mol. The minimum absolute atomic E-state index is 0.482. The highest BCUT2D eigenvalue weighted by Crippen LogP contribution is 2.22. The van der Waals surface area contributed by atoms with Crippen molar-refractivity contribution >= 4 is 5.91 Å². The second-order valence-electron chi connectivity index (χ2n) is 4.01. The number of ether oxygens (including phenoxy) is 1. The summed E-state index contributed by atoms with van der Waals surface area (Å²) in [5.74, 6) is -0.482. The number of carbonyl (C=O) groups excluding carboxylic acids is 1. The topological polar surface area (TPSA) is 52.3 Å². The molecule has 0 aliphatic heterocycles. The van der Waals surface area contributed by atoms with Crippen molar-refractivity contribution in [3.05, 3.63) is 60.2 Å². The van der Waals surface area contributed by atoms with Gasteiger partial charge in [-0.25, -0.2) is 0 Å². The van der Waals surface area contributed by atoms with Gasteiger partial charge in [0.1, 0.15) is 0 Å². The number of nitrogens with two attached hydrogens (primary N) is 1. The van der Waals surface area contributed by atoms with Crippen LogP contribution in [0.15, 0.2) is 54.6 Å². The minimum Gasteiger partial charge on any atom is -0.367 e. The summed E-state index contributed by atoms with van der Waals surface area (Å²) in [7, 11) is 1.47. The fourth-order valence-electron chi connectivity index (χ4n) is 1.90. The number of benzene rings is 2. The van der Waals surface area contributed by atoms with Gasteiger partial charge in [-0.05, 0) is 16.7 Å². The van der Waals surface area contributed by atoms with E-state index in [1.165, 1.54) is 7.11 Å². The lowest BCUT2D eigenvalue weighted by molar-refractivity contribution is -0.128. The Morgan fingerprint density at radius 2 is 1.56 bits per heavy atom. The Labute approximate surface area is 106 Å². The van der Waals surface area contributed by atoms with Gasteiger partial charge in [0.2, 0.25) is 0 Å². The Bertz CT molecular complexity index is 520. The van der Waals surface area contributed by atoms with Crippen molar-refractivity contribution in [1.82, 2.24) is 0 Å². The summed E-state index contributed by atoms with van der Waals surface area (Å²) in [6.45, 7) is 0. The maximum Gasteiger partial charge on any atom is 0.251 e. The average molecular weight is 241 g/mol. The molecule has 2 aromatic rings. The summed E-state index contributed by atoms with van der Waals surface area (Å²) in [6, 6.07) is 17.7. The van der Waals surface area contributed by atoms with E-state index in [-0.39, 0.29) is 0 Å². The molecule has 0 saturated heterocycles. The van der Waals surface area contributed by atoms with E-state index < -0.39 is 12.0 Å². The lowest BCUT2D eigenvalue weighted by atomic mass is 10.0. The molecule has 1 atom stereocenters. The molecule has 1 unspecified atom stereocenters. The van der Waals surface area contributed by atoms with E-state index in [1.54, 1.807) is 0 Å². The number of carbonyl (C=O) groups is 1. The molecule has 3 heteroatoms. The summed E-state index contributed by atoms with van der Waals surface area (Å²) in [5, 5.41) is 0. The van der Waals surface area contributed by atoms with Gasteiger partial charge in [0, 0.05) is 7.11 Å². The number of methoxy groups -OCH3 is 1. The van der Waals surface area contributed by atoms with Gasteiger partial charge in [-0.2, -0.15) is 0 Å². The van der Waals surface area contributed by atoms with Crippen molar-refractivity contribution < 1.29 is 9.53 Å². The minimum atomic E-state index is -0.685. The van der Waals surface area contributed by atoms with E-state index in [9.17, 15) is 4.79 Å². The summed E-state index contributed by atoms with van der Waals surface area (Å²) in [6.07, 6.45) is -0.685. The van der Waals surface area contributed by atoms with Gasteiger partial charge in [-0.3, -0.25) is 4.79 Å². The highest BCUT2D eigenvalue weighted by Gasteiger charge is 2.16. The molecular weight excluding hydrogens is 226 g/mol. The summed E-state index contributed by atoms with van der Waals surface area (Å²) < 4.78 is 5.07. The Kier molecular flexibility index (Phi) is 3.75. The van der Waals surface area contributed by atoms with Gasteiger partial charge in [0.15, 0.2) is 6.10 Å². The van der Waals surface area contributed by atoms with Crippen molar-refractivity contribution in [2.75, 3.05) is 7.11 Å². The Balaban J connectivity index is 2.28. The molecule has 0 aliphatic carbocycles. The molecule has 3 nitrogen and oxygen atoms in total. The highest BCUT2D eigenvalue weighted by molar-refractivity contribution is 5.80. The Hall–Kier alpha value is -2.13. The third-order valence-corrected chi connectivity index (χ3v) is 2.81. The first kappa shape index (κ1) is 12.3. The second kappa shape index (κ2) is 5.47. The number of rotatable bonds is 4. The van der Waals surface area contributed by atoms with Crippen molar-refractivity contribution in [2.45, 2.75) is 6.10 Å². The van der Waals surface area contributed by atoms with Gasteiger partial charge in [-0.15, -0.1) is 0 Å². The van der Waals surface area contributed by atoms with Crippen LogP contribution in [0.4, 0.5) is 0 Å². The van der Waals surface area contributed by atoms with Crippen molar-refractivity contribution in [3.63, 3.8) is 0 Å². The van der Waals surface area contributed by atoms with Crippen LogP contribution in [0.3, 0.4) is 0 Å². The van der Waals surface area contributed by atoms with Crippen molar-refractivity contribution in [1.29, 1.82) is 0 Å². The molecule has 0 heterocycles. The van der Waals surface area contributed by atoms with Gasteiger partial charge < -0.3 is 10.5 Å². The zero-order valence-electron chi connectivity index (χ0n) is 10.2. The molecule has 0 fully saturated rings. The third kappa shape index (κ3) is 2.57. The zero-order valence-corrected chi connectivity index (χ0v) is 10.2. The summed E-state index contributed by atoms with van der Waals surface area (Å²) in [4.78, 5) is 11.2. The molecule has 1 amide bonds. The molecule has 0 saturated carbocycles. The van der Waals surface area contributed by atoms with Crippen LogP contribution in [0.5, 0.6) is 0 Å². The number of primary amides is 1. The lowest BCUT2D eigenvalue weighted by Crippen LogP contribution is -2.22. The fraction of sp³-hybridized carbons (Fsp3) is 0.133. The van der Waals surface area contributed by atoms with Crippen LogP contribution in [0.2, 0.25) is 0 Å². The second-order valence-corrected chi connectivity index (χ2v) is 4.01. The van der Waals surface area contributed by atoms with Crippen LogP contribution in [0.25, 0.3) is 11.1 Å². The number of hydrogen-bond donors (Lipinski definition) is 1. The van der Waals surface area contributed by atoms with E-state index >= 15 is 0 Å².